The molecule has 1 saturated heterocycles. The van der Waals surface area contributed by atoms with Gasteiger partial charge in [-0.1, -0.05) is 23.9 Å². The highest BCUT2D eigenvalue weighted by Gasteiger charge is 2.33. The van der Waals surface area contributed by atoms with Crippen LogP contribution < -0.4 is 14.7 Å². The molecule has 0 radical (unpaired) electrons. The predicted octanol–water partition coefficient (Wildman–Crippen LogP) is 1.24. The van der Waals surface area contributed by atoms with Crippen molar-refractivity contribution in [2.45, 2.75) is 13.5 Å². The molecule has 2 aliphatic rings. The van der Waals surface area contributed by atoms with Gasteiger partial charge < -0.3 is 19.5 Å². The van der Waals surface area contributed by atoms with Crippen molar-refractivity contribution >= 4 is 11.9 Å². The number of Topliss-reactive ketones (excluding diaryl/α,β-unsaturated/α-hetero) is 1. The molecule has 4 rings (SSSR count). The number of allylic oxidation sites excluding steroid dienone is 1. The first-order valence-corrected chi connectivity index (χ1v) is 8.97. The summed E-state index contributed by atoms with van der Waals surface area (Å²) in [4.78, 5) is 14.1. The van der Waals surface area contributed by atoms with Crippen LogP contribution >= 0.6 is 0 Å². The molecule has 0 saturated carbocycles. The van der Waals surface area contributed by atoms with E-state index in [0.29, 0.717) is 47.8 Å². The Labute approximate surface area is 156 Å². The van der Waals surface area contributed by atoms with Crippen molar-refractivity contribution < 1.29 is 28.7 Å². The minimum atomic E-state index is -0.387. The monoisotopic (exact) mass is 369 g/mol. The Morgan fingerprint density at radius 3 is 2.78 bits per heavy atom. The Kier molecular flexibility index (Phi) is 4.68. The molecule has 1 fully saturated rings. The molecule has 1 N–H and O–H groups in total. The van der Waals surface area contributed by atoms with E-state index in [9.17, 15) is 14.3 Å². The highest BCUT2D eigenvalue weighted by molar-refractivity contribution is 6.15. The molecule has 2 aromatic carbocycles. The van der Waals surface area contributed by atoms with Crippen molar-refractivity contribution in [1.82, 2.24) is 0 Å². The lowest BCUT2D eigenvalue weighted by Crippen LogP contribution is -3.12. The van der Waals surface area contributed by atoms with Crippen LogP contribution in [0.15, 0.2) is 36.1 Å². The molecule has 2 aromatic rings. The summed E-state index contributed by atoms with van der Waals surface area (Å²) in [5, 5.41) is 12.6. The summed E-state index contributed by atoms with van der Waals surface area (Å²) in [6.45, 7) is 5.15. The number of quaternary nitrogens is 1. The van der Waals surface area contributed by atoms with Crippen molar-refractivity contribution in [2.75, 3.05) is 26.3 Å². The van der Waals surface area contributed by atoms with Gasteiger partial charge in [0.25, 0.3) is 0 Å². The number of benzene rings is 2. The molecule has 0 amide bonds. The SMILES string of the molecule is Cc1cc([O-])c(C[NH+]2CCOCC2)c2c1C(=O)/C(=C/c1cccc(F)c1)O2. The second-order valence-corrected chi connectivity index (χ2v) is 6.91. The van der Waals surface area contributed by atoms with Crippen LogP contribution in [0.5, 0.6) is 11.5 Å². The van der Waals surface area contributed by atoms with Crippen LogP contribution in [0, 0.1) is 12.7 Å². The number of hydrogen-bond donors (Lipinski definition) is 1. The first kappa shape index (κ1) is 17.7. The van der Waals surface area contributed by atoms with Gasteiger partial charge in [-0.15, -0.1) is 0 Å². The minimum Gasteiger partial charge on any atom is -0.872 e. The van der Waals surface area contributed by atoms with Gasteiger partial charge in [-0.25, -0.2) is 4.39 Å². The van der Waals surface area contributed by atoms with E-state index in [2.05, 4.69) is 0 Å². The quantitative estimate of drug-likeness (QED) is 0.827. The summed E-state index contributed by atoms with van der Waals surface area (Å²) >= 11 is 0. The number of fused-ring (bicyclic) bond motifs is 1. The second-order valence-electron chi connectivity index (χ2n) is 6.91. The number of carbonyl (C=O) groups is 1. The van der Waals surface area contributed by atoms with Crippen LogP contribution in [0.2, 0.25) is 0 Å². The fourth-order valence-electron chi connectivity index (χ4n) is 3.57. The summed E-state index contributed by atoms with van der Waals surface area (Å²) in [6, 6.07) is 7.44. The zero-order valence-corrected chi connectivity index (χ0v) is 15.0. The first-order valence-electron chi connectivity index (χ1n) is 8.97. The zero-order valence-electron chi connectivity index (χ0n) is 15.0. The Balaban J connectivity index is 1.71. The molecule has 2 aliphatic heterocycles. The average Bonchev–Trinajstić information content (AvgIpc) is 2.96. The van der Waals surface area contributed by atoms with Gasteiger partial charge >= 0.3 is 0 Å². The third kappa shape index (κ3) is 3.46. The maximum absolute atomic E-state index is 13.4. The number of rotatable bonds is 3. The van der Waals surface area contributed by atoms with Gasteiger partial charge in [0.15, 0.2) is 5.76 Å². The standard InChI is InChI=1S/C21H20FNO4/c1-13-9-17(24)16(12-23-5-7-26-8-6-23)21-19(13)20(25)18(27-21)11-14-3-2-4-15(22)10-14/h2-4,9-11,24H,5-8,12H2,1H3/b18-11-. The molecule has 6 heteroatoms. The molecular weight excluding hydrogens is 349 g/mol. The molecule has 2 heterocycles. The lowest BCUT2D eigenvalue weighted by Gasteiger charge is -2.26. The van der Waals surface area contributed by atoms with E-state index >= 15 is 0 Å². The summed E-state index contributed by atoms with van der Waals surface area (Å²) in [7, 11) is 0. The van der Waals surface area contributed by atoms with Crippen LogP contribution in [-0.4, -0.2) is 32.1 Å². The van der Waals surface area contributed by atoms with Gasteiger partial charge in [0, 0.05) is 5.56 Å². The Morgan fingerprint density at radius 1 is 1.26 bits per heavy atom. The number of aryl methyl sites for hydroxylation is 1. The van der Waals surface area contributed by atoms with Gasteiger partial charge in [-0.05, 0) is 36.3 Å². The largest absolute Gasteiger partial charge is 0.872 e. The molecule has 0 bridgehead atoms. The molecule has 0 atom stereocenters. The van der Waals surface area contributed by atoms with Crippen molar-refractivity contribution in [3.63, 3.8) is 0 Å². The molecule has 0 aliphatic carbocycles. The fourth-order valence-corrected chi connectivity index (χ4v) is 3.57. The number of ether oxygens (including phenoxy) is 2. The van der Waals surface area contributed by atoms with Gasteiger partial charge in [0.2, 0.25) is 5.78 Å². The van der Waals surface area contributed by atoms with E-state index in [1.54, 1.807) is 19.1 Å². The van der Waals surface area contributed by atoms with Crippen LogP contribution in [0.3, 0.4) is 0 Å². The van der Waals surface area contributed by atoms with E-state index in [0.717, 1.165) is 13.1 Å². The lowest BCUT2D eigenvalue weighted by molar-refractivity contribution is -0.921. The van der Waals surface area contributed by atoms with Crippen LogP contribution in [0.1, 0.15) is 27.0 Å². The van der Waals surface area contributed by atoms with Crippen molar-refractivity contribution in [2.24, 2.45) is 0 Å². The Morgan fingerprint density at radius 2 is 2.04 bits per heavy atom. The molecule has 140 valence electrons. The number of nitrogens with one attached hydrogen (secondary N) is 1. The molecule has 0 unspecified atom stereocenters. The van der Waals surface area contributed by atoms with E-state index < -0.39 is 0 Å². The van der Waals surface area contributed by atoms with E-state index in [-0.39, 0.29) is 23.1 Å². The van der Waals surface area contributed by atoms with Gasteiger partial charge in [-0.2, -0.15) is 0 Å². The highest BCUT2D eigenvalue weighted by atomic mass is 19.1. The number of halogens is 1. The Hall–Kier alpha value is -2.70. The van der Waals surface area contributed by atoms with Gasteiger partial charge in [-0.3, -0.25) is 4.79 Å². The van der Waals surface area contributed by atoms with Gasteiger partial charge in [0.1, 0.15) is 31.2 Å². The maximum atomic E-state index is 13.4. The summed E-state index contributed by atoms with van der Waals surface area (Å²) in [5.41, 5.74) is 2.08. The van der Waals surface area contributed by atoms with E-state index in [1.165, 1.54) is 29.2 Å². The zero-order chi connectivity index (χ0) is 19.0. The second kappa shape index (κ2) is 7.13. The maximum Gasteiger partial charge on any atom is 0.232 e. The van der Waals surface area contributed by atoms with Gasteiger partial charge in [0.05, 0.1) is 18.8 Å². The molecular formula is C21H20FNO4. The van der Waals surface area contributed by atoms with Crippen molar-refractivity contribution in [3.05, 3.63) is 64.2 Å². The summed E-state index contributed by atoms with van der Waals surface area (Å²) in [6.07, 6.45) is 1.51. The lowest BCUT2D eigenvalue weighted by atomic mass is 9.99. The van der Waals surface area contributed by atoms with Crippen molar-refractivity contribution in [1.29, 1.82) is 0 Å². The number of ketones is 1. The number of carbonyl (C=O) groups excluding carboxylic acids is 1. The first-order chi connectivity index (χ1) is 13.0. The van der Waals surface area contributed by atoms with Crippen LogP contribution in [-0.2, 0) is 11.3 Å². The average molecular weight is 369 g/mol. The van der Waals surface area contributed by atoms with Crippen LogP contribution in [0.4, 0.5) is 4.39 Å². The van der Waals surface area contributed by atoms with Crippen molar-refractivity contribution in [3.8, 4) is 11.5 Å². The third-order valence-electron chi connectivity index (χ3n) is 4.98. The minimum absolute atomic E-state index is 0.113. The highest BCUT2D eigenvalue weighted by Crippen LogP contribution is 2.40. The molecule has 5 nitrogen and oxygen atoms in total. The molecule has 27 heavy (non-hydrogen) atoms. The molecule has 0 spiro atoms. The third-order valence-corrected chi connectivity index (χ3v) is 4.98. The predicted molar refractivity (Wildman–Crippen MR) is 95.2 cm³/mol. The number of hydrogen-bond acceptors (Lipinski definition) is 4. The van der Waals surface area contributed by atoms with Crippen LogP contribution in [0.25, 0.3) is 6.08 Å². The smallest absolute Gasteiger partial charge is 0.232 e. The van der Waals surface area contributed by atoms with E-state index in [4.69, 9.17) is 9.47 Å². The number of morpholine rings is 1. The fraction of sp³-hybridized carbons (Fsp3) is 0.286. The summed E-state index contributed by atoms with van der Waals surface area (Å²) < 4.78 is 24.6. The molecule has 0 aromatic heterocycles. The Bertz CT molecular complexity index is 932. The summed E-state index contributed by atoms with van der Waals surface area (Å²) in [5.74, 6) is -0.314. The topological polar surface area (TPSA) is 63.0 Å². The normalized spacial score (nSPS) is 18.6. The van der Waals surface area contributed by atoms with E-state index in [1.807, 2.05) is 0 Å².